The third-order valence-corrected chi connectivity index (χ3v) is 8.74. The van der Waals surface area contributed by atoms with Crippen molar-refractivity contribution in [1.29, 1.82) is 0 Å². The number of ether oxygens (including phenoxy) is 1. The summed E-state index contributed by atoms with van der Waals surface area (Å²) in [6.45, 7) is 3.64. The van der Waals surface area contributed by atoms with Crippen LogP contribution in [0, 0.1) is 0 Å². The summed E-state index contributed by atoms with van der Waals surface area (Å²) in [5, 5.41) is 21.0. The highest BCUT2D eigenvalue weighted by Gasteiger charge is 2.44. The largest absolute Gasteiger partial charge is 0.380 e. The Kier molecular flexibility index (Phi) is 10.3. The number of carbonyl (C=O) groups excluding carboxylic acids is 2. The quantitative estimate of drug-likeness (QED) is 0.207. The van der Waals surface area contributed by atoms with Crippen molar-refractivity contribution >= 4 is 45.0 Å². The number of hydrogen-bond donors (Lipinski definition) is 5. The number of nitrogens with one attached hydrogen (secondary N) is 1. The summed E-state index contributed by atoms with van der Waals surface area (Å²) >= 11 is 12.8. The zero-order chi connectivity index (χ0) is 29.0. The number of halogens is 2. The van der Waals surface area contributed by atoms with Gasteiger partial charge >= 0.3 is 0 Å². The van der Waals surface area contributed by atoms with Crippen LogP contribution in [-0.4, -0.2) is 79.9 Å². The van der Waals surface area contributed by atoms with Crippen molar-refractivity contribution in [3.8, 4) is 0 Å². The lowest BCUT2D eigenvalue weighted by Gasteiger charge is -2.35. The Bertz CT molecular complexity index is 1330. The van der Waals surface area contributed by atoms with E-state index in [4.69, 9.17) is 39.4 Å². The topological polar surface area (TPSA) is 185 Å². The van der Waals surface area contributed by atoms with E-state index in [0.29, 0.717) is 23.1 Å². The predicted octanol–water partition coefficient (Wildman–Crippen LogP) is 0.708. The second-order valence-corrected chi connectivity index (χ2v) is 11.9. The molecule has 2 amide bonds. The minimum atomic E-state index is -3.91. The Morgan fingerprint density at radius 3 is 2.59 bits per heavy atom. The van der Waals surface area contributed by atoms with E-state index in [1.54, 1.807) is 18.2 Å². The molecule has 39 heavy (non-hydrogen) atoms. The number of benzene rings is 2. The van der Waals surface area contributed by atoms with Gasteiger partial charge in [0.1, 0.15) is 0 Å². The molecule has 11 nitrogen and oxygen atoms in total. The number of likely N-dealkylation sites (N-methyl/N-ethyl adjacent to an activating group) is 1. The minimum absolute atomic E-state index is 0.0657. The van der Waals surface area contributed by atoms with Crippen molar-refractivity contribution in [3.05, 3.63) is 63.1 Å². The first-order chi connectivity index (χ1) is 18.3. The summed E-state index contributed by atoms with van der Waals surface area (Å²) in [5.74, 6) is -2.80. The standard InChI is InChI=1S/C25H32Cl2N4O7S/c1-2-31-13-19(18-11-16(26)12-21(27)20(18)14-31)15-4-3-5-17(10-15)39(36,37)30-7-9-38-8-6-25(35,24(29)34)22(32)23(28)33/h3-5,10-12,19,22,30,32,35H,2,6-9,13-14H2,1H3,(H2,28,33)(H2,29,34). The van der Waals surface area contributed by atoms with Crippen molar-refractivity contribution < 1.29 is 33.0 Å². The van der Waals surface area contributed by atoms with E-state index in [9.17, 15) is 28.2 Å². The van der Waals surface area contributed by atoms with E-state index in [1.807, 2.05) is 19.1 Å². The fourth-order valence-corrected chi connectivity index (χ4v) is 6.10. The molecule has 0 aliphatic carbocycles. The van der Waals surface area contributed by atoms with Crippen molar-refractivity contribution in [2.24, 2.45) is 11.5 Å². The number of hydrogen-bond acceptors (Lipinski definition) is 8. The lowest BCUT2D eigenvalue weighted by molar-refractivity contribution is -0.161. The van der Waals surface area contributed by atoms with Crippen molar-refractivity contribution in [2.75, 3.05) is 32.8 Å². The molecule has 0 fully saturated rings. The molecule has 0 saturated heterocycles. The number of sulfonamides is 1. The summed E-state index contributed by atoms with van der Waals surface area (Å²) in [4.78, 5) is 24.9. The number of amides is 2. The van der Waals surface area contributed by atoms with E-state index in [1.165, 1.54) is 6.07 Å². The average molecular weight is 604 g/mol. The van der Waals surface area contributed by atoms with Gasteiger partial charge in [-0.05, 0) is 47.5 Å². The zero-order valence-electron chi connectivity index (χ0n) is 21.3. The zero-order valence-corrected chi connectivity index (χ0v) is 23.6. The van der Waals surface area contributed by atoms with Gasteiger partial charge in [0, 0.05) is 42.0 Å². The van der Waals surface area contributed by atoms with Gasteiger partial charge in [-0.3, -0.25) is 14.5 Å². The number of nitrogens with two attached hydrogens (primary N) is 2. The first-order valence-electron chi connectivity index (χ1n) is 12.2. The summed E-state index contributed by atoms with van der Waals surface area (Å²) < 4.78 is 33.7. The summed E-state index contributed by atoms with van der Waals surface area (Å²) in [5.41, 5.74) is 10.1. The smallest absolute Gasteiger partial charge is 0.252 e. The maximum Gasteiger partial charge on any atom is 0.252 e. The van der Waals surface area contributed by atoms with Gasteiger partial charge in [0.05, 0.1) is 18.1 Å². The minimum Gasteiger partial charge on any atom is -0.380 e. The molecule has 1 aliphatic heterocycles. The predicted molar refractivity (Wildman–Crippen MR) is 146 cm³/mol. The van der Waals surface area contributed by atoms with Crippen LogP contribution in [-0.2, 0) is 30.9 Å². The molecular formula is C25H32Cl2N4O7S. The molecule has 3 rings (SSSR count). The Labute approximate surface area is 237 Å². The summed E-state index contributed by atoms with van der Waals surface area (Å²) in [6.07, 6.45) is -2.73. The molecule has 0 saturated carbocycles. The highest BCUT2D eigenvalue weighted by Crippen LogP contribution is 2.39. The highest BCUT2D eigenvalue weighted by molar-refractivity contribution is 7.89. The number of primary amides is 2. The first kappa shape index (κ1) is 31.2. The molecule has 0 radical (unpaired) electrons. The van der Waals surface area contributed by atoms with Crippen LogP contribution in [0.1, 0.15) is 36.0 Å². The lowest BCUT2D eigenvalue weighted by atomic mass is 9.84. The van der Waals surface area contributed by atoms with Gasteiger partial charge < -0.3 is 26.4 Å². The second-order valence-electron chi connectivity index (χ2n) is 9.26. The molecule has 7 N–H and O–H groups in total. The molecule has 214 valence electrons. The Balaban J connectivity index is 1.66. The third-order valence-electron chi connectivity index (χ3n) is 6.73. The monoisotopic (exact) mass is 602 g/mol. The van der Waals surface area contributed by atoms with E-state index < -0.39 is 40.0 Å². The number of carbonyl (C=O) groups is 2. The van der Waals surface area contributed by atoms with Crippen LogP contribution >= 0.6 is 23.2 Å². The Hall–Kier alpha value is -2.29. The van der Waals surface area contributed by atoms with E-state index >= 15 is 0 Å². The van der Waals surface area contributed by atoms with E-state index in [0.717, 1.165) is 23.2 Å². The van der Waals surface area contributed by atoms with Crippen LogP contribution in [0.15, 0.2) is 41.3 Å². The molecule has 3 atom stereocenters. The van der Waals surface area contributed by atoms with Crippen LogP contribution in [0.4, 0.5) is 0 Å². The molecule has 14 heteroatoms. The Morgan fingerprint density at radius 2 is 1.95 bits per heavy atom. The van der Waals surface area contributed by atoms with Crippen LogP contribution in [0.5, 0.6) is 0 Å². The van der Waals surface area contributed by atoms with Crippen molar-refractivity contribution in [3.63, 3.8) is 0 Å². The average Bonchev–Trinajstić information content (AvgIpc) is 2.89. The van der Waals surface area contributed by atoms with Crippen LogP contribution in [0.2, 0.25) is 10.0 Å². The van der Waals surface area contributed by atoms with Gasteiger partial charge in [-0.1, -0.05) is 42.3 Å². The summed E-state index contributed by atoms with van der Waals surface area (Å²) in [7, 11) is -3.91. The SMILES string of the molecule is CCN1Cc2c(Cl)cc(Cl)cc2C(c2cccc(S(=O)(=O)NCCOCCC(O)(C(N)=O)C(O)C(N)=O)c2)C1. The van der Waals surface area contributed by atoms with Gasteiger partial charge in [0.25, 0.3) is 5.91 Å². The number of nitrogens with zero attached hydrogens (tertiary/aromatic N) is 1. The van der Waals surface area contributed by atoms with Gasteiger partial charge in [-0.15, -0.1) is 0 Å². The Morgan fingerprint density at radius 1 is 1.23 bits per heavy atom. The van der Waals surface area contributed by atoms with Gasteiger partial charge in [0.15, 0.2) is 11.7 Å². The molecule has 0 spiro atoms. The fourth-order valence-electron chi connectivity index (χ4n) is 4.46. The molecule has 1 aliphatic rings. The second kappa shape index (κ2) is 12.9. The van der Waals surface area contributed by atoms with Crippen LogP contribution in [0.25, 0.3) is 0 Å². The van der Waals surface area contributed by atoms with Gasteiger partial charge in [-0.2, -0.15) is 0 Å². The normalized spacial score (nSPS) is 18.2. The van der Waals surface area contributed by atoms with Crippen molar-refractivity contribution in [1.82, 2.24) is 9.62 Å². The van der Waals surface area contributed by atoms with Gasteiger partial charge in [0.2, 0.25) is 15.9 Å². The number of aliphatic hydroxyl groups is 2. The van der Waals surface area contributed by atoms with E-state index in [2.05, 4.69) is 9.62 Å². The maximum atomic E-state index is 13.0. The molecule has 1 heterocycles. The summed E-state index contributed by atoms with van der Waals surface area (Å²) in [6, 6.07) is 10.2. The van der Waals surface area contributed by atoms with Crippen molar-refractivity contribution in [2.45, 2.75) is 42.4 Å². The van der Waals surface area contributed by atoms with E-state index in [-0.39, 0.29) is 30.6 Å². The molecule has 0 bridgehead atoms. The maximum absolute atomic E-state index is 13.0. The van der Waals surface area contributed by atoms with Gasteiger partial charge in [-0.25, -0.2) is 13.1 Å². The van der Waals surface area contributed by atoms with Crippen LogP contribution in [0.3, 0.4) is 0 Å². The lowest BCUT2D eigenvalue weighted by Crippen LogP contribution is -2.58. The molecule has 0 aromatic heterocycles. The number of rotatable bonds is 13. The number of aliphatic hydroxyl groups excluding tert-OH is 1. The fraction of sp³-hybridized carbons (Fsp3) is 0.440. The molecule has 2 aromatic carbocycles. The van der Waals surface area contributed by atoms with Crippen LogP contribution < -0.4 is 16.2 Å². The highest BCUT2D eigenvalue weighted by atomic mass is 35.5. The molecule has 3 unspecified atom stereocenters. The molecular weight excluding hydrogens is 571 g/mol. The first-order valence-corrected chi connectivity index (χ1v) is 14.4. The number of fused-ring (bicyclic) bond motifs is 1. The molecule has 2 aromatic rings. The third kappa shape index (κ3) is 7.27.